The van der Waals surface area contributed by atoms with Gasteiger partial charge in [-0.05, 0) is 0 Å². The van der Waals surface area contributed by atoms with Gasteiger partial charge < -0.3 is 0 Å². The number of aromatic nitrogens is 2. The monoisotopic (exact) mass is 294 g/mol. The van der Waals surface area contributed by atoms with Gasteiger partial charge >= 0.3 is 108 Å². The quantitative estimate of drug-likeness (QED) is 0.869. The van der Waals surface area contributed by atoms with Crippen LogP contribution in [0.25, 0.3) is 11.3 Å². The molecule has 0 aliphatic rings. The third-order valence-electron chi connectivity index (χ3n) is 2.37. The summed E-state index contributed by atoms with van der Waals surface area (Å²) >= 11 is 2.96. The van der Waals surface area contributed by atoms with E-state index in [1.54, 1.807) is 7.11 Å². The summed E-state index contributed by atoms with van der Waals surface area (Å²) in [5, 5.41) is 0.674. The van der Waals surface area contributed by atoms with E-state index in [1.165, 1.54) is 0 Å². The number of nitrogens with two attached hydrogens (primary N) is 1. The molecular formula is C12H12N3OSe. The average Bonchev–Trinajstić information content (AvgIpc) is 2.38. The summed E-state index contributed by atoms with van der Waals surface area (Å²) in [4.78, 5) is 8.36. The Morgan fingerprint density at radius 3 is 2.53 bits per heavy atom. The molecule has 1 aromatic heterocycles. The molecule has 2 rings (SSSR count). The number of hydrogen-bond acceptors (Lipinski definition) is 4. The predicted octanol–water partition coefficient (Wildman–Crippen LogP) is 1.40. The first-order valence-corrected chi connectivity index (χ1v) is 6.31. The van der Waals surface area contributed by atoms with E-state index in [0.717, 1.165) is 16.8 Å². The SMILES string of the molecule is COc1nc(N)nc(-c2ccccc2)c1C[Se]. The molecule has 0 atom stereocenters. The van der Waals surface area contributed by atoms with Crippen LogP contribution in [-0.2, 0) is 5.32 Å². The molecule has 17 heavy (non-hydrogen) atoms. The minimum absolute atomic E-state index is 0.220. The van der Waals surface area contributed by atoms with E-state index in [-0.39, 0.29) is 5.95 Å². The molecule has 2 N–H and O–H groups in total. The summed E-state index contributed by atoms with van der Waals surface area (Å²) in [7, 11) is 1.58. The van der Waals surface area contributed by atoms with Crippen LogP contribution < -0.4 is 10.5 Å². The second kappa shape index (κ2) is 5.17. The van der Waals surface area contributed by atoms with Gasteiger partial charge in [0, 0.05) is 0 Å². The third-order valence-corrected chi connectivity index (χ3v) is 2.98. The van der Waals surface area contributed by atoms with Gasteiger partial charge in [-0.3, -0.25) is 0 Å². The Hall–Kier alpha value is -1.58. The van der Waals surface area contributed by atoms with E-state index in [0.29, 0.717) is 11.2 Å². The molecule has 0 fully saturated rings. The van der Waals surface area contributed by atoms with Gasteiger partial charge in [0.1, 0.15) is 0 Å². The molecule has 0 saturated carbocycles. The van der Waals surface area contributed by atoms with Gasteiger partial charge in [0.25, 0.3) is 0 Å². The second-order valence-corrected chi connectivity index (χ2v) is 4.03. The van der Waals surface area contributed by atoms with E-state index >= 15 is 0 Å². The fraction of sp³-hybridized carbons (Fsp3) is 0.167. The third kappa shape index (κ3) is 2.40. The van der Waals surface area contributed by atoms with Gasteiger partial charge in [-0.25, -0.2) is 0 Å². The maximum atomic E-state index is 5.68. The Morgan fingerprint density at radius 2 is 1.94 bits per heavy atom. The fourth-order valence-electron chi connectivity index (χ4n) is 1.61. The van der Waals surface area contributed by atoms with Crippen molar-refractivity contribution in [2.75, 3.05) is 12.8 Å². The molecule has 0 saturated heterocycles. The van der Waals surface area contributed by atoms with Crippen LogP contribution in [0.15, 0.2) is 30.3 Å². The summed E-state index contributed by atoms with van der Waals surface area (Å²) in [6, 6.07) is 9.86. The number of methoxy groups -OCH3 is 1. The van der Waals surface area contributed by atoms with Crippen molar-refractivity contribution in [3.05, 3.63) is 35.9 Å². The normalized spacial score (nSPS) is 10.2. The molecule has 0 unspecified atom stereocenters. The first-order chi connectivity index (χ1) is 8.26. The Labute approximate surface area is 108 Å². The van der Waals surface area contributed by atoms with Crippen molar-refractivity contribution in [1.82, 2.24) is 9.97 Å². The topological polar surface area (TPSA) is 61.0 Å². The number of nitrogens with zero attached hydrogens (tertiary/aromatic N) is 2. The standard InChI is InChI=1S/C12H12N3OSe/c1-16-11-9(7-17)10(14-12(13)15-11)8-5-3-2-4-6-8/h2-6H,7H2,1H3,(H2,13,14,15). The summed E-state index contributed by atoms with van der Waals surface area (Å²) in [5.74, 6) is 0.744. The van der Waals surface area contributed by atoms with Crippen LogP contribution >= 0.6 is 0 Å². The van der Waals surface area contributed by atoms with Crippen molar-refractivity contribution in [3.63, 3.8) is 0 Å². The van der Waals surface area contributed by atoms with Crippen molar-refractivity contribution in [3.8, 4) is 17.1 Å². The van der Waals surface area contributed by atoms with E-state index in [2.05, 4.69) is 26.0 Å². The number of ether oxygens (including phenoxy) is 1. The Kier molecular flexibility index (Phi) is 3.61. The first-order valence-electron chi connectivity index (χ1n) is 5.10. The van der Waals surface area contributed by atoms with Gasteiger partial charge in [0.2, 0.25) is 0 Å². The molecule has 0 aliphatic carbocycles. The molecule has 4 nitrogen and oxygen atoms in total. The van der Waals surface area contributed by atoms with Crippen molar-refractivity contribution in [2.24, 2.45) is 0 Å². The number of anilines is 1. The van der Waals surface area contributed by atoms with Crippen LogP contribution in [-0.4, -0.2) is 33.1 Å². The zero-order valence-corrected chi connectivity index (χ0v) is 11.1. The van der Waals surface area contributed by atoms with E-state index in [4.69, 9.17) is 10.5 Å². The van der Waals surface area contributed by atoms with Crippen LogP contribution in [0.3, 0.4) is 0 Å². The number of hydrogen-bond donors (Lipinski definition) is 1. The van der Waals surface area contributed by atoms with Crippen molar-refractivity contribution in [1.29, 1.82) is 0 Å². The van der Waals surface area contributed by atoms with E-state index < -0.39 is 0 Å². The van der Waals surface area contributed by atoms with Gasteiger partial charge in [-0.1, -0.05) is 0 Å². The van der Waals surface area contributed by atoms with E-state index in [1.807, 2.05) is 30.3 Å². The fourth-order valence-corrected chi connectivity index (χ4v) is 2.16. The Morgan fingerprint density at radius 1 is 1.24 bits per heavy atom. The summed E-state index contributed by atoms with van der Waals surface area (Å²) in [5.41, 5.74) is 8.43. The van der Waals surface area contributed by atoms with Crippen LogP contribution in [0.1, 0.15) is 5.56 Å². The number of nitrogen functional groups attached to an aromatic ring is 1. The second-order valence-electron chi connectivity index (χ2n) is 3.43. The number of benzene rings is 1. The molecule has 1 aromatic carbocycles. The zero-order valence-electron chi connectivity index (χ0n) is 9.38. The Bertz CT molecular complexity index is 517. The van der Waals surface area contributed by atoms with Gasteiger partial charge in [0.05, 0.1) is 0 Å². The van der Waals surface area contributed by atoms with Gasteiger partial charge in [-0.2, -0.15) is 0 Å². The summed E-state index contributed by atoms with van der Waals surface area (Å²) < 4.78 is 5.23. The van der Waals surface area contributed by atoms with Gasteiger partial charge in [0.15, 0.2) is 0 Å². The molecule has 1 heterocycles. The van der Waals surface area contributed by atoms with Crippen molar-refractivity contribution >= 4 is 22.0 Å². The van der Waals surface area contributed by atoms with Crippen LogP contribution in [0.2, 0.25) is 0 Å². The Balaban J connectivity index is 2.64. The molecular weight excluding hydrogens is 281 g/mol. The van der Waals surface area contributed by atoms with Crippen molar-refractivity contribution < 1.29 is 4.74 Å². The minimum atomic E-state index is 0.220. The van der Waals surface area contributed by atoms with E-state index in [9.17, 15) is 0 Å². The maximum absolute atomic E-state index is 5.68. The van der Waals surface area contributed by atoms with Crippen LogP contribution in [0, 0.1) is 0 Å². The zero-order chi connectivity index (χ0) is 12.3. The van der Waals surface area contributed by atoms with Gasteiger partial charge in [-0.15, -0.1) is 0 Å². The van der Waals surface area contributed by atoms with Crippen molar-refractivity contribution in [2.45, 2.75) is 5.32 Å². The molecule has 0 spiro atoms. The molecule has 0 amide bonds. The average molecular weight is 293 g/mol. The first kappa shape index (κ1) is 11.9. The van der Waals surface area contributed by atoms with Crippen LogP contribution in [0.5, 0.6) is 5.88 Å². The molecule has 0 bridgehead atoms. The summed E-state index contributed by atoms with van der Waals surface area (Å²) in [6.45, 7) is 0. The molecule has 2 aromatic rings. The summed E-state index contributed by atoms with van der Waals surface area (Å²) in [6.07, 6.45) is 0. The molecule has 87 valence electrons. The predicted molar refractivity (Wildman–Crippen MR) is 67.9 cm³/mol. The van der Waals surface area contributed by atoms with Crippen LogP contribution in [0.4, 0.5) is 5.95 Å². The molecule has 5 heteroatoms. The number of rotatable bonds is 3. The molecule has 1 radical (unpaired) electrons. The molecule has 0 aliphatic heterocycles.